The minimum Gasteiger partial charge on any atom is -0.381 e. The van der Waals surface area contributed by atoms with Crippen LogP contribution in [-0.2, 0) is 11.8 Å². The van der Waals surface area contributed by atoms with Gasteiger partial charge in [-0.2, -0.15) is 5.10 Å². The van der Waals surface area contributed by atoms with E-state index >= 15 is 0 Å². The minimum absolute atomic E-state index is 0.101. The van der Waals surface area contributed by atoms with Crippen molar-refractivity contribution >= 4 is 5.78 Å². The zero-order valence-electron chi connectivity index (χ0n) is 9.19. The van der Waals surface area contributed by atoms with E-state index in [9.17, 15) is 4.79 Å². The van der Waals surface area contributed by atoms with E-state index in [2.05, 4.69) is 5.10 Å². The molecule has 0 bridgehead atoms. The molecule has 82 valence electrons. The van der Waals surface area contributed by atoms with Gasteiger partial charge in [-0.25, -0.2) is 0 Å². The Hall–Kier alpha value is -1.16. The molecule has 2 rings (SSSR count). The molecule has 2 heterocycles. The Morgan fingerprint density at radius 2 is 2.20 bits per heavy atom. The number of Topliss-reactive ketones (excluding diaryl/α,β-unsaturated/α-hetero) is 1. The second-order valence-electron chi connectivity index (χ2n) is 4.01. The Kier molecular flexibility index (Phi) is 2.86. The number of aromatic nitrogens is 2. The van der Waals surface area contributed by atoms with Gasteiger partial charge in [-0.3, -0.25) is 9.48 Å². The molecule has 0 saturated carbocycles. The first-order valence-electron chi connectivity index (χ1n) is 5.30. The molecule has 1 aromatic heterocycles. The Balaban J connectivity index is 2.32. The SMILES string of the molecule is CC(=O)c1cnn(C)c1C1CCOCC1. The average Bonchev–Trinajstić information content (AvgIpc) is 2.61. The topological polar surface area (TPSA) is 44.1 Å². The zero-order valence-corrected chi connectivity index (χ0v) is 9.19. The maximum Gasteiger partial charge on any atom is 0.163 e. The molecule has 0 amide bonds. The molecule has 0 spiro atoms. The van der Waals surface area contributed by atoms with Crippen molar-refractivity contribution in [2.24, 2.45) is 7.05 Å². The number of hydrogen-bond acceptors (Lipinski definition) is 3. The third-order valence-electron chi connectivity index (χ3n) is 2.97. The second kappa shape index (κ2) is 4.14. The zero-order chi connectivity index (χ0) is 10.8. The van der Waals surface area contributed by atoms with E-state index in [1.54, 1.807) is 13.1 Å². The van der Waals surface area contributed by atoms with Crippen molar-refractivity contribution < 1.29 is 9.53 Å². The smallest absolute Gasteiger partial charge is 0.163 e. The van der Waals surface area contributed by atoms with Gasteiger partial charge in [0, 0.05) is 26.2 Å². The number of ether oxygens (including phenoxy) is 1. The molecule has 4 nitrogen and oxygen atoms in total. The monoisotopic (exact) mass is 208 g/mol. The van der Waals surface area contributed by atoms with Gasteiger partial charge in [0.2, 0.25) is 0 Å². The first-order chi connectivity index (χ1) is 7.20. The van der Waals surface area contributed by atoms with Crippen molar-refractivity contribution in [2.75, 3.05) is 13.2 Å². The fraction of sp³-hybridized carbons (Fsp3) is 0.636. The van der Waals surface area contributed by atoms with Crippen molar-refractivity contribution in [1.29, 1.82) is 0 Å². The highest BCUT2D eigenvalue weighted by Crippen LogP contribution is 2.29. The Morgan fingerprint density at radius 3 is 2.80 bits per heavy atom. The van der Waals surface area contributed by atoms with Crippen LogP contribution in [0.2, 0.25) is 0 Å². The number of hydrogen-bond donors (Lipinski definition) is 0. The maximum absolute atomic E-state index is 11.4. The molecule has 1 fully saturated rings. The normalized spacial score (nSPS) is 18.0. The van der Waals surface area contributed by atoms with Gasteiger partial charge >= 0.3 is 0 Å². The molecule has 4 heteroatoms. The van der Waals surface area contributed by atoms with Crippen LogP contribution in [0.3, 0.4) is 0 Å². The molecule has 0 aliphatic carbocycles. The van der Waals surface area contributed by atoms with E-state index < -0.39 is 0 Å². The Morgan fingerprint density at radius 1 is 1.53 bits per heavy atom. The highest BCUT2D eigenvalue weighted by Gasteiger charge is 2.23. The van der Waals surface area contributed by atoms with E-state index in [1.807, 2.05) is 11.7 Å². The van der Waals surface area contributed by atoms with E-state index in [0.717, 1.165) is 37.3 Å². The average molecular weight is 208 g/mol. The molecule has 0 unspecified atom stereocenters. The van der Waals surface area contributed by atoms with Crippen molar-refractivity contribution in [3.63, 3.8) is 0 Å². The van der Waals surface area contributed by atoms with Crippen molar-refractivity contribution in [2.45, 2.75) is 25.7 Å². The van der Waals surface area contributed by atoms with E-state index in [4.69, 9.17) is 4.74 Å². The lowest BCUT2D eigenvalue weighted by Gasteiger charge is -2.23. The van der Waals surface area contributed by atoms with Gasteiger partial charge in [-0.15, -0.1) is 0 Å². The van der Waals surface area contributed by atoms with Crippen molar-refractivity contribution in [3.8, 4) is 0 Å². The first-order valence-corrected chi connectivity index (χ1v) is 5.30. The third kappa shape index (κ3) is 1.95. The van der Waals surface area contributed by atoms with Crippen LogP contribution in [0.1, 0.15) is 41.7 Å². The van der Waals surface area contributed by atoms with Crippen LogP contribution in [0.25, 0.3) is 0 Å². The van der Waals surface area contributed by atoms with E-state index in [0.29, 0.717) is 5.92 Å². The number of carbonyl (C=O) groups excluding carboxylic acids is 1. The van der Waals surface area contributed by atoms with Crippen molar-refractivity contribution in [1.82, 2.24) is 9.78 Å². The molecule has 0 atom stereocenters. The largest absolute Gasteiger partial charge is 0.381 e. The summed E-state index contributed by atoms with van der Waals surface area (Å²) in [5.74, 6) is 0.523. The standard InChI is InChI=1S/C11H16N2O2/c1-8(14)10-7-12-13(2)11(10)9-3-5-15-6-4-9/h7,9H,3-6H2,1-2H3. The summed E-state index contributed by atoms with van der Waals surface area (Å²) in [6, 6.07) is 0. The highest BCUT2D eigenvalue weighted by molar-refractivity contribution is 5.95. The van der Waals surface area contributed by atoms with Gasteiger partial charge in [0.15, 0.2) is 5.78 Å². The molecule has 15 heavy (non-hydrogen) atoms. The Labute approximate surface area is 89.2 Å². The van der Waals surface area contributed by atoms with Crippen LogP contribution in [-0.4, -0.2) is 28.8 Å². The fourth-order valence-corrected chi connectivity index (χ4v) is 2.17. The fourth-order valence-electron chi connectivity index (χ4n) is 2.17. The summed E-state index contributed by atoms with van der Waals surface area (Å²) < 4.78 is 7.15. The lowest BCUT2D eigenvalue weighted by atomic mass is 9.93. The molecule has 0 radical (unpaired) electrons. The van der Waals surface area contributed by atoms with E-state index in [-0.39, 0.29) is 5.78 Å². The van der Waals surface area contributed by atoms with Gasteiger partial charge in [-0.1, -0.05) is 0 Å². The summed E-state index contributed by atoms with van der Waals surface area (Å²) in [6.45, 7) is 3.17. The van der Waals surface area contributed by atoms with Crippen molar-refractivity contribution in [3.05, 3.63) is 17.5 Å². The number of nitrogens with zero attached hydrogens (tertiary/aromatic N) is 2. The van der Waals surface area contributed by atoms with Gasteiger partial charge in [0.05, 0.1) is 17.5 Å². The Bertz CT molecular complexity index is 365. The maximum atomic E-state index is 11.4. The summed E-state index contributed by atoms with van der Waals surface area (Å²) in [7, 11) is 1.90. The lowest BCUT2D eigenvalue weighted by molar-refractivity contribution is 0.0830. The van der Waals surface area contributed by atoms with Crippen LogP contribution in [0.4, 0.5) is 0 Å². The van der Waals surface area contributed by atoms with Gasteiger partial charge in [0.25, 0.3) is 0 Å². The number of ketones is 1. The predicted octanol–water partition coefficient (Wildman–Crippen LogP) is 1.52. The number of rotatable bonds is 2. The molecular weight excluding hydrogens is 192 g/mol. The lowest BCUT2D eigenvalue weighted by Crippen LogP contribution is -2.18. The number of aryl methyl sites for hydroxylation is 1. The van der Waals surface area contributed by atoms with Gasteiger partial charge in [-0.05, 0) is 19.8 Å². The molecule has 1 aliphatic heterocycles. The van der Waals surface area contributed by atoms with Crippen LogP contribution in [0, 0.1) is 0 Å². The molecule has 0 N–H and O–H groups in total. The molecule has 1 aliphatic rings. The van der Waals surface area contributed by atoms with Crippen LogP contribution in [0.5, 0.6) is 0 Å². The molecule has 0 aromatic carbocycles. The quantitative estimate of drug-likeness (QED) is 0.692. The molecule has 1 aromatic rings. The summed E-state index contributed by atoms with van der Waals surface area (Å²) in [4.78, 5) is 11.4. The van der Waals surface area contributed by atoms with E-state index in [1.165, 1.54) is 0 Å². The number of carbonyl (C=O) groups is 1. The van der Waals surface area contributed by atoms with Crippen LogP contribution in [0.15, 0.2) is 6.20 Å². The summed E-state index contributed by atoms with van der Waals surface area (Å²) in [6.07, 6.45) is 3.65. The van der Waals surface area contributed by atoms with Gasteiger partial charge in [0.1, 0.15) is 0 Å². The molecular formula is C11H16N2O2. The summed E-state index contributed by atoms with van der Waals surface area (Å²) >= 11 is 0. The third-order valence-corrected chi connectivity index (χ3v) is 2.97. The predicted molar refractivity (Wildman–Crippen MR) is 56.0 cm³/mol. The molecule has 1 saturated heterocycles. The first kappa shape index (κ1) is 10.4. The summed E-state index contributed by atoms with van der Waals surface area (Å²) in [5.41, 5.74) is 1.84. The van der Waals surface area contributed by atoms with Gasteiger partial charge < -0.3 is 4.74 Å². The van der Waals surface area contributed by atoms with Crippen LogP contribution < -0.4 is 0 Å². The highest BCUT2D eigenvalue weighted by atomic mass is 16.5. The second-order valence-corrected chi connectivity index (χ2v) is 4.01. The minimum atomic E-state index is 0.101. The van der Waals surface area contributed by atoms with Crippen LogP contribution >= 0.6 is 0 Å². The summed E-state index contributed by atoms with van der Waals surface area (Å²) in [5, 5.41) is 4.17.